The third kappa shape index (κ3) is 7.63. The predicted octanol–water partition coefficient (Wildman–Crippen LogP) is 10.4. The molecule has 5 aromatic rings. The second-order valence-corrected chi connectivity index (χ2v) is 14.1. The molecule has 5 aromatic carbocycles. The van der Waals surface area contributed by atoms with Crippen molar-refractivity contribution in [2.75, 3.05) is 0 Å². The number of rotatable bonds is 13. The summed E-state index contributed by atoms with van der Waals surface area (Å²) in [5.41, 5.74) is 1.93. The molecule has 1 unspecified atom stereocenters. The molecular weight excluding hydrogens is 590 g/mol. The molecule has 1 atom stereocenters. The maximum Gasteiger partial charge on any atom is 0.473 e. The number of hydrogen-bond donors (Lipinski definition) is 0. The van der Waals surface area contributed by atoms with Crippen LogP contribution in [0, 0.1) is 0 Å². The van der Waals surface area contributed by atoms with Gasteiger partial charge < -0.3 is 22.8 Å². The smallest absolute Gasteiger partial charge is 0.473 e. The Morgan fingerprint density at radius 2 is 0.841 bits per heavy atom. The van der Waals surface area contributed by atoms with Crippen LogP contribution in [0.15, 0.2) is 140 Å². The van der Waals surface area contributed by atoms with E-state index >= 15 is 0 Å². The van der Waals surface area contributed by atoms with E-state index in [4.69, 9.17) is 22.8 Å². The number of para-hydroxylation sites is 3. The molecule has 0 aromatic heterocycles. The first-order valence-electron chi connectivity index (χ1n) is 14.3. The Kier molecular flexibility index (Phi) is 9.64. The van der Waals surface area contributed by atoms with E-state index in [9.17, 15) is 4.57 Å². The molecule has 226 valence electrons. The summed E-state index contributed by atoms with van der Waals surface area (Å²) in [4.78, 5) is 0. The molecule has 0 amide bonds. The molecule has 0 aliphatic rings. The normalized spacial score (nSPS) is 12.1. The first-order chi connectivity index (χ1) is 21.1. The van der Waals surface area contributed by atoms with Gasteiger partial charge in [-0.25, -0.2) is 4.57 Å². The van der Waals surface area contributed by atoms with Gasteiger partial charge in [0.2, 0.25) is 5.34 Å². The van der Waals surface area contributed by atoms with Gasteiger partial charge in [0, 0.05) is 5.41 Å². The topological polar surface area (TPSA) is 63.2 Å². The average Bonchev–Trinajstić information content (AvgIpc) is 3.03. The average molecular weight is 627 g/mol. The third-order valence-electron chi connectivity index (χ3n) is 7.18. The van der Waals surface area contributed by atoms with E-state index in [2.05, 4.69) is 26.0 Å². The van der Waals surface area contributed by atoms with Crippen molar-refractivity contribution in [3.8, 4) is 28.7 Å². The highest BCUT2D eigenvalue weighted by Crippen LogP contribution is 2.59. The van der Waals surface area contributed by atoms with Crippen molar-refractivity contribution < 1.29 is 27.4 Å². The van der Waals surface area contributed by atoms with E-state index in [1.165, 1.54) is 0 Å². The van der Waals surface area contributed by atoms with Gasteiger partial charge in [-0.15, -0.1) is 0 Å². The van der Waals surface area contributed by atoms with Gasteiger partial charge in [-0.2, -0.15) is 0 Å². The minimum absolute atomic E-state index is 0.136. The van der Waals surface area contributed by atoms with Crippen LogP contribution in [0.2, 0.25) is 0 Å². The van der Waals surface area contributed by atoms with Gasteiger partial charge in [-0.3, -0.25) is 0 Å². The van der Waals surface area contributed by atoms with Crippen LogP contribution in [0.4, 0.5) is 0 Å². The predicted molar refractivity (Wildman–Crippen MR) is 177 cm³/mol. The van der Waals surface area contributed by atoms with Crippen LogP contribution in [0.25, 0.3) is 0 Å². The molecule has 44 heavy (non-hydrogen) atoms. The summed E-state index contributed by atoms with van der Waals surface area (Å²) >= 11 is 0. The van der Waals surface area contributed by atoms with Crippen LogP contribution >= 0.6 is 16.6 Å². The van der Waals surface area contributed by atoms with Gasteiger partial charge in [0.1, 0.15) is 28.7 Å². The number of hydrogen-bond acceptors (Lipinski definition) is 6. The zero-order valence-electron chi connectivity index (χ0n) is 25.2. The van der Waals surface area contributed by atoms with Gasteiger partial charge in [0.05, 0.1) is 0 Å². The van der Waals surface area contributed by atoms with E-state index < -0.39 is 12.9 Å². The molecular formula is C36H36O6P2. The van der Waals surface area contributed by atoms with Crippen LogP contribution in [-0.4, -0.2) is 5.34 Å². The zero-order chi connectivity index (χ0) is 31.0. The Balaban J connectivity index is 1.28. The van der Waals surface area contributed by atoms with Gasteiger partial charge in [0.15, 0.2) is 0 Å². The maximum atomic E-state index is 14.4. The molecule has 0 saturated carbocycles. The first-order valence-corrected chi connectivity index (χ1v) is 16.6. The van der Waals surface area contributed by atoms with Crippen LogP contribution < -0.4 is 22.8 Å². The fourth-order valence-electron chi connectivity index (χ4n) is 4.47. The summed E-state index contributed by atoms with van der Waals surface area (Å²) < 4.78 is 44.2. The van der Waals surface area contributed by atoms with Gasteiger partial charge in [-0.05, 0) is 85.6 Å². The number of benzene rings is 5. The van der Waals surface area contributed by atoms with Gasteiger partial charge in [0.25, 0.3) is 9.03 Å². The Bertz CT molecular complexity index is 1610. The van der Waals surface area contributed by atoms with Crippen LogP contribution in [0.3, 0.4) is 0 Å². The van der Waals surface area contributed by atoms with Crippen molar-refractivity contribution in [2.24, 2.45) is 0 Å². The van der Waals surface area contributed by atoms with Crippen molar-refractivity contribution in [1.82, 2.24) is 0 Å². The van der Waals surface area contributed by atoms with Crippen molar-refractivity contribution in [3.63, 3.8) is 0 Å². The van der Waals surface area contributed by atoms with Crippen LogP contribution in [0.1, 0.15) is 38.8 Å². The Hall–Kier alpha value is -4.24. The zero-order valence-corrected chi connectivity index (χ0v) is 27.1. The largest absolute Gasteiger partial charge is 0.473 e. The van der Waals surface area contributed by atoms with E-state index in [1.54, 1.807) is 38.1 Å². The minimum atomic E-state index is -3.90. The molecule has 0 heterocycles. The van der Waals surface area contributed by atoms with Crippen molar-refractivity contribution in [3.05, 3.63) is 151 Å². The van der Waals surface area contributed by atoms with Gasteiger partial charge >= 0.3 is 7.60 Å². The van der Waals surface area contributed by atoms with E-state index in [1.807, 2.05) is 103 Å². The lowest BCUT2D eigenvalue weighted by Gasteiger charge is -2.33. The summed E-state index contributed by atoms with van der Waals surface area (Å²) in [5, 5.41) is -1.32. The Morgan fingerprint density at radius 3 is 1.27 bits per heavy atom. The summed E-state index contributed by atoms with van der Waals surface area (Å²) in [7, 11) is -4.03. The SMILES string of the molecule is CC(C)(c1ccc(OPOc2ccccc2)cc1)c1ccc(OC(C)(C)P(=O)(Oc2ccccc2)Oc2ccccc2)cc1. The lowest BCUT2D eigenvalue weighted by atomic mass is 9.78. The highest BCUT2D eigenvalue weighted by atomic mass is 31.2. The second-order valence-electron chi connectivity index (χ2n) is 11.1. The molecule has 0 aliphatic carbocycles. The summed E-state index contributed by atoms with van der Waals surface area (Å²) in [6.07, 6.45) is 0. The molecule has 0 fully saturated rings. The van der Waals surface area contributed by atoms with Crippen LogP contribution in [-0.2, 0) is 9.98 Å². The van der Waals surface area contributed by atoms with Crippen molar-refractivity contribution in [2.45, 2.75) is 38.5 Å². The molecule has 0 saturated heterocycles. The number of ether oxygens (including phenoxy) is 1. The highest BCUT2D eigenvalue weighted by molar-refractivity contribution is 7.56. The Morgan fingerprint density at radius 1 is 0.477 bits per heavy atom. The van der Waals surface area contributed by atoms with E-state index in [-0.39, 0.29) is 14.4 Å². The maximum absolute atomic E-state index is 14.4. The fourth-order valence-corrected chi connectivity index (χ4v) is 6.47. The lowest BCUT2D eigenvalue weighted by Crippen LogP contribution is -2.33. The Labute approximate surface area is 261 Å². The molecule has 0 bridgehead atoms. The summed E-state index contributed by atoms with van der Waals surface area (Å²) in [5.74, 6) is 2.92. The standard InChI is InChI=1S/C36H36O6P2/c1-35(2,29-22-26-32(27-23-29)40-43-39-31-14-8-5-9-15-31)28-20-24-30(25-21-28)38-36(3,4)44(37,41-33-16-10-6-11-17-33)42-34-18-12-7-13-19-34/h5-27,43H,1-4H3. The van der Waals surface area contributed by atoms with E-state index in [0.717, 1.165) is 22.6 Å². The fraction of sp³-hybridized carbons (Fsp3) is 0.167. The highest BCUT2D eigenvalue weighted by Gasteiger charge is 2.49. The molecule has 0 N–H and O–H groups in total. The lowest BCUT2D eigenvalue weighted by molar-refractivity contribution is 0.157. The first kappa shape index (κ1) is 31.2. The minimum Gasteiger partial charge on any atom is -0.473 e. The molecule has 5 rings (SSSR count). The van der Waals surface area contributed by atoms with Crippen molar-refractivity contribution >= 4 is 16.6 Å². The second kappa shape index (κ2) is 13.6. The molecule has 0 spiro atoms. The summed E-state index contributed by atoms with van der Waals surface area (Å²) in [6, 6.07) is 43.4. The molecule has 0 aliphatic heterocycles. The molecule has 0 radical (unpaired) electrons. The van der Waals surface area contributed by atoms with Crippen LogP contribution in [0.5, 0.6) is 28.7 Å². The van der Waals surface area contributed by atoms with E-state index in [0.29, 0.717) is 17.2 Å². The molecule has 6 nitrogen and oxygen atoms in total. The summed E-state index contributed by atoms with van der Waals surface area (Å²) in [6.45, 7) is 7.76. The third-order valence-corrected chi connectivity index (χ3v) is 10.1. The quantitative estimate of drug-likeness (QED) is 0.121. The van der Waals surface area contributed by atoms with Gasteiger partial charge in [-0.1, -0.05) is 92.7 Å². The monoisotopic (exact) mass is 626 g/mol. The van der Waals surface area contributed by atoms with Crippen molar-refractivity contribution in [1.29, 1.82) is 0 Å². The molecule has 8 heteroatoms.